The smallest absolute Gasteiger partial charge is 0.512 e. The molecule has 2 amide bonds. The van der Waals surface area contributed by atoms with Crippen molar-refractivity contribution in [2.75, 3.05) is 5.32 Å². The Bertz CT molecular complexity index is 1550. The molecule has 0 aliphatic carbocycles. The molecule has 15 heteroatoms. The summed E-state index contributed by atoms with van der Waals surface area (Å²) in [6.07, 6.45) is -3.37. The Labute approximate surface area is 242 Å². The number of carbonyl (C=O) groups excluding carboxylic acids is 2. The van der Waals surface area contributed by atoms with Crippen LogP contribution in [0.2, 0.25) is 0 Å². The number of benzene rings is 2. The van der Waals surface area contributed by atoms with Gasteiger partial charge in [0, 0.05) is 29.9 Å². The van der Waals surface area contributed by atoms with E-state index in [9.17, 15) is 22.8 Å². The SMILES string of the molecule is [B]C([B])([B])Oc1cc(OC(F)(F)F)ccc1Oc1cc(C#CCC(C)C)cc(F)c1C(=O)Nc1ccnc(C(N)=O)c1. The zero-order chi connectivity index (χ0) is 31.2. The van der Waals surface area contributed by atoms with E-state index in [0.29, 0.717) is 6.42 Å². The van der Waals surface area contributed by atoms with Crippen LogP contribution >= 0.6 is 0 Å². The predicted octanol–water partition coefficient (Wildman–Crippen LogP) is 4.16. The molecule has 2 aromatic carbocycles. The molecule has 0 saturated carbocycles. The molecule has 0 saturated heterocycles. The summed E-state index contributed by atoms with van der Waals surface area (Å²) < 4.78 is 68.6. The Kier molecular flexibility index (Phi) is 9.83. The summed E-state index contributed by atoms with van der Waals surface area (Å²) in [6.45, 7) is 3.86. The van der Waals surface area contributed by atoms with Gasteiger partial charge in [-0.1, -0.05) is 25.7 Å². The first kappa shape index (κ1) is 31.9. The summed E-state index contributed by atoms with van der Waals surface area (Å²) in [5.74, 6) is 0.840. The second-order valence-electron chi connectivity index (χ2n) is 9.19. The minimum absolute atomic E-state index is 0.0480. The molecule has 42 heavy (non-hydrogen) atoms. The van der Waals surface area contributed by atoms with Gasteiger partial charge in [-0.3, -0.25) is 14.6 Å². The maximum atomic E-state index is 15.5. The van der Waals surface area contributed by atoms with Gasteiger partial charge in [0.05, 0.1) is 0 Å². The fourth-order valence-electron chi connectivity index (χ4n) is 3.31. The maximum Gasteiger partial charge on any atom is 0.573 e. The van der Waals surface area contributed by atoms with Crippen molar-refractivity contribution < 1.29 is 41.4 Å². The van der Waals surface area contributed by atoms with Gasteiger partial charge in [0.2, 0.25) is 0 Å². The summed E-state index contributed by atoms with van der Waals surface area (Å²) in [6, 6.07) is 7.29. The van der Waals surface area contributed by atoms with Crippen LogP contribution in [0.1, 0.15) is 46.7 Å². The number of nitrogens with zero attached hydrogens (tertiary/aromatic N) is 1. The molecular formula is C27H20B3F4N3O5. The number of halogens is 4. The van der Waals surface area contributed by atoms with Crippen molar-refractivity contribution in [3.63, 3.8) is 0 Å². The number of alkyl halides is 3. The lowest BCUT2D eigenvalue weighted by molar-refractivity contribution is -0.274. The second kappa shape index (κ2) is 12.9. The van der Waals surface area contributed by atoms with Crippen LogP contribution in [0.25, 0.3) is 0 Å². The molecule has 3 aromatic rings. The van der Waals surface area contributed by atoms with Crippen LogP contribution < -0.4 is 25.3 Å². The van der Waals surface area contributed by atoms with Crippen LogP contribution in [-0.2, 0) is 0 Å². The lowest BCUT2D eigenvalue weighted by atomic mass is 9.52. The highest BCUT2D eigenvalue weighted by Crippen LogP contribution is 2.39. The molecule has 1 heterocycles. The molecule has 0 fully saturated rings. The summed E-state index contributed by atoms with van der Waals surface area (Å²) >= 11 is 0. The zero-order valence-corrected chi connectivity index (χ0v) is 22.2. The van der Waals surface area contributed by atoms with Gasteiger partial charge in [-0.05, 0) is 47.6 Å². The number of ether oxygens (including phenoxy) is 3. The monoisotopic (exact) mass is 575 g/mol. The number of nitrogens with two attached hydrogens (primary N) is 1. The zero-order valence-electron chi connectivity index (χ0n) is 22.2. The third-order valence-corrected chi connectivity index (χ3v) is 4.95. The van der Waals surface area contributed by atoms with Crippen LogP contribution in [0.3, 0.4) is 0 Å². The fraction of sp³-hybridized carbons (Fsp3) is 0.222. The number of amides is 2. The topological polar surface area (TPSA) is 113 Å². The number of anilines is 1. The van der Waals surface area contributed by atoms with Crippen LogP contribution in [0, 0.1) is 23.6 Å². The van der Waals surface area contributed by atoms with E-state index in [-0.39, 0.29) is 28.6 Å². The molecule has 0 aliphatic heterocycles. The average molecular weight is 575 g/mol. The number of primary amides is 1. The molecule has 8 nitrogen and oxygen atoms in total. The van der Waals surface area contributed by atoms with E-state index in [1.165, 1.54) is 24.4 Å². The molecule has 1 aromatic heterocycles. The van der Waals surface area contributed by atoms with E-state index >= 15 is 4.39 Å². The highest BCUT2D eigenvalue weighted by molar-refractivity contribution is 6.58. The molecular weight excluding hydrogens is 555 g/mol. The second-order valence-corrected chi connectivity index (χ2v) is 9.19. The Balaban J connectivity index is 2.11. The van der Waals surface area contributed by atoms with Gasteiger partial charge in [-0.15, -0.1) is 13.2 Å². The van der Waals surface area contributed by atoms with Crippen molar-refractivity contribution in [3.8, 4) is 34.8 Å². The van der Waals surface area contributed by atoms with Crippen molar-refractivity contribution in [1.82, 2.24) is 4.98 Å². The minimum atomic E-state index is -5.05. The molecule has 0 unspecified atom stereocenters. The number of nitrogens with one attached hydrogen (secondary N) is 1. The first-order valence-electron chi connectivity index (χ1n) is 12.0. The van der Waals surface area contributed by atoms with Gasteiger partial charge in [0.25, 0.3) is 11.8 Å². The van der Waals surface area contributed by atoms with Crippen LogP contribution in [0.4, 0.5) is 23.2 Å². The molecule has 210 valence electrons. The van der Waals surface area contributed by atoms with E-state index in [2.05, 4.69) is 26.9 Å². The van der Waals surface area contributed by atoms with E-state index in [1.807, 2.05) is 13.8 Å². The van der Waals surface area contributed by atoms with E-state index in [1.54, 1.807) is 0 Å². The average Bonchev–Trinajstić information content (AvgIpc) is 2.83. The molecule has 0 spiro atoms. The molecule has 0 bridgehead atoms. The van der Waals surface area contributed by atoms with Crippen LogP contribution in [0.15, 0.2) is 48.7 Å². The highest BCUT2D eigenvalue weighted by Gasteiger charge is 2.32. The molecule has 3 N–H and O–H groups in total. The Hall–Kier alpha value is -4.60. The molecule has 6 radical (unpaired) electrons. The molecule has 0 atom stereocenters. The van der Waals surface area contributed by atoms with Crippen molar-refractivity contribution >= 4 is 41.0 Å². The largest absolute Gasteiger partial charge is 0.573 e. The summed E-state index contributed by atoms with van der Waals surface area (Å²) in [4.78, 5) is 28.5. The first-order valence-corrected chi connectivity index (χ1v) is 12.0. The molecule has 0 aliphatic rings. The fourth-order valence-corrected chi connectivity index (χ4v) is 3.31. The van der Waals surface area contributed by atoms with Crippen molar-refractivity contribution in [3.05, 3.63) is 71.3 Å². The van der Waals surface area contributed by atoms with Crippen molar-refractivity contribution in [2.45, 2.75) is 31.9 Å². The Morgan fingerprint density at radius 2 is 1.74 bits per heavy atom. The van der Waals surface area contributed by atoms with Crippen LogP contribution in [-0.4, -0.2) is 52.0 Å². The van der Waals surface area contributed by atoms with Gasteiger partial charge >= 0.3 is 6.36 Å². The number of carbonyl (C=O) groups is 2. The first-order chi connectivity index (χ1) is 19.5. The molecule has 3 rings (SSSR count). The lowest BCUT2D eigenvalue weighted by Gasteiger charge is -2.25. The third kappa shape index (κ3) is 9.50. The normalized spacial score (nSPS) is 11.3. The number of hydrogen-bond donors (Lipinski definition) is 2. The predicted molar refractivity (Wildman–Crippen MR) is 147 cm³/mol. The minimum Gasteiger partial charge on any atom is -0.512 e. The number of pyridine rings is 1. The van der Waals surface area contributed by atoms with Gasteiger partial charge in [-0.2, -0.15) is 0 Å². The van der Waals surface area contributed by atoms with Gasteiger partial charge in [-0.25, -0.2) is 4.39 Å². The van der Waals surface area contributed by atoms with Gasteiger partial charge < -0.3 is 25.3 Å². The maximum absolute atomic E-state index is 15.5. The Morgan fingerprint density at radius 3 is 2.36 bits per heavy atom. The summed E-state index contributed by atoms with van der Waals surface area (Å²) in [5, 5.41) is 0.0219. The lowest BCUT2D eigenvalue weighted by Crippen LogP contribution is -2.37. The third-order valence-electron chi connectivity index (χ3n) is 4.95. The van der Waals surface area contributed by atoms with E-state index in [0.717, 1.165) is 24.3 Å². The van der Waals surface area contributed by atoms with E-state index < -0.39 is 52.1 Å². The number of aromatic nitrogens is 1. The quantitative estimate of drug-likeness (QED) is 0.226. The Morgan fingerprint density at radius 1 is 1.02 bits per heavy atom. The van der Waals surface area contributed by atoms with Crippen molar-refractivity contribution in [2.24, 2.45) is 11.7 Å². The van der Waals surface area contributed by atoms with Crippen molar-refractivity contribution in [1.29, 1.82) is 0 Å². The summed E-state index contributed by atoms with van der Waals surface area (Å²) in [7, 11) is 16.4. The van der Waals surface area contributed by atoms with Crippen LogP contribution in [0.5, 0.6) is 23.0 Å². The summed E-state index contributed by atoms with van der Waals surface area (Å²) in [5.41, 5.74) is 4.58. The number of rotatable bonds is 9. The van der Waals surface area contributed by atoms with E-state index in [4.69, 9.17) is 38.7 Å². The van der Waals surface area contributed by atoms with Gasteiger partial charge in [0.1, 0.15) is 52.1 Å². The van der Waals surface area contributed by atoms with Gasteiger partial charge in [0.15, 0.2) is 11.5 Å². The number of hydrogen-bond acceptors (Lipinski definition) is 6. The highest BCUT2D eigenvalue weighted by atomic mass is 19.4. The standard InChI is InChI=1S/C27H20B3F4N3O5/c1-14(2)4-3-5-15-10-18(31)23(25(39)37-16-8-9-36-19(12-16)24(35)38)22(11-15)40-20-7-6-17(41-27(32,33)34)13-21(20)42-26(28,29)30/h6-14H,4H2,1-2H3,(H2,35,38)(H,36,37,39).